The second-order valence-corrected chi connectivity index (χ2v) is 4.39. The Morgan fingerprint density at radius 3 is 2.60 bits per heavy atom. The van der Waals surface area contributed by atoms with E-state index in [-0.39, 0.29) is 0 Å². The van der Waals surface area contributed by atoms with E-state index in [2.05, 4.69) is 17.3 Å². The number of hydrogen-bond acceptors (Lipinski definition) is 3. The maximum atomic E-state index is 10.8. The molecule has 0 aromatic carbocycles. The minimum atomic E-state index is -0.752. The molecule has 0 aliphatic heterocycles. The molecule has 0 radical (unpaired) electrons. The number of nitrogens with zero attached hydrogens (tertiary/aromatic N) is 1. The molecule has 1 rings (SSSR count). The van der Waals surface area contributed by atoms with Crippen molar-refractivity contribution in [2.45, 2.75) is 44.2 Å². The van der Waals surface area contributed by atoms with E-state index in [0.717, 1.165) is 6.54 Å². The van der Waals surface area contributed by atoms with Gasteiger partial charge in [-0.3, -0.25) is 4.79 Å². The van der Waals surface area contributed by atoms with Crippen molar-refractivity contribution in [2.75, 3.05) is 20.6 Å². The highest BCUT2D eigenvalue weighted by Gasteiger charge is 2.21. The van der Waals surface area contributed by atoms with Gasteiger partial charge in [0.15, 0.2) is 0 Å². The molecule has 4 nitrogen and oxygen atoms in total. The minimum absolute atomic E-state index is 0.408. The second kappa shape index (κ2) is 6.08. The summed E-state index contributed by atoms with van der Waals surface area (Å²) in [6.45, 7) is 0.864. The number of likely N-dealkylation sites (N-methyl/N-ethyl adjacent to an activating group) is 1. The molecule has 0 spiro atoms. The van der Waals surface area contributed by atoms with Crippen LogP contribution in [0.4, 0.5) is 0 Å². The lowest BCUT2D eigenvalue weighted by Crippen LogP contribution is -2.39. The first kappa shape index (κ1) is 12.5. The van der Waals surface area contributed by atoms with Crippen LogP contribution in [0.3, 0.4) is 0 Å². The zero-order valence-electron chi connectivity index (χ0n) is 9.70. The Kier molecular flexibility index (Phi) is 5.05. The first-order valence-corrected chi connectivity index (χ1v) is 5.75. The van der Waals surface area contributed by atoms with Gasteiger partial charge in [-0.25, -0.2) is 0 Å². The maximum Gasteiger partial charge on any atom is 0.320 e. The molecule has 0 heterocycles. The van der Waals surface area contributed by atoms with Gasteiger partial charge in [-0.2, -0.15) is 0 Å². The second-order valence-electron chi connectivity index (χ2n) is 4.39. The molecule has 0 bridgehead atoms. The van der Waals surface area contributed by atoms with Crippen molar-refractivity contribution >= 4 is 5.97 Å². The van der Waals surface area contributed by atoms with Gasteiger partial charge in [0.2, 0.25) is 0 Å². The topological polar surface area (TPSA) is 52.6 Å². The average molecular weight is 214 g/mol. The Morgan fingerprint density at radius 1 is 1.53 bits per heavy atom. The highest BCUT2D eigenvalue weighted by atomic mass is 16.4. The van der Waals surface area contributed by atoms with Gasteiger partial charge >= 0.3 is 5.97 Å². The fraction of sp³-hybridized carbons (Fsp3) is 0.909. The van der Waals surface area contributed by atoms with Crippen LogP contribution >= 0.6 is 0 Å². The van der Waals surface area contributed by atoms with Gasteiger partial charge in [-0.05, 0) is 33.4 Å². The van der Waals surface area contributed by atoms with Crippen LogP contribution in [0.25, 0.3) is 0 Å². The number of rotatable bonds is 6. The standard InChI is InChI=1S/C11H22N2O2/c1-12-10(11(14)15)7-8-13(2)9-5-3-4-6-9/h9-10,12H,3-8H2,1-2H3,(H,14,15). The molecule has 2 N–H and O–H groups in total. The lowest BCUT2D eigenvalue weighted by Gasteiger charge is -2.25. The van der Waals surface area contributed by atoms with Crippen LogP contribution in [0.1, 0.15) is 32.1 Å². The van der Waals surface area contributed by atoms with E-state index in [0.29, 0.717) is 12.5 Å². The van der Waals surface area contributed by atoms with Crippen molar-refractivity contribution in [1.82, 2.24) is 10.2 Å². The fourth-order valence-corrected chi connectivity index (χ4v) is 2.25. The monoisotopic (exact) mass is 214 g/mol. The quantitative estimate of drug-likeness (QED) is 0.690. The summed E-state index contributed by atoms with van der Waals surface area (Å²) in [7, 11) is 3.80. The largest absolute Gasteiger partial charge is 0.480 e. The number of hydrogen-bond donors (Lipinski definition) is 2. The molecule has 0 aromatic rings. The van der Waals surface area contributed by atoms with Gasteiger partial charge in [0.05, 0.1) is 0 Å². The van der Waals surface area contributed by atoms with Crippen LogP contribution in [-0.4, -0.2) is 48.7 Å². The SMILES string of the molecule is CNC(CCN(C)C1CCCC1)C(=O)O. The Morgan fingerprint density at radius 2 is 2.13 bits per heavy atom. The van der Waals surface area contributed by atoms with E-state index >= 15 is 0 Å². The summed E-state index contributed by atoms with van der Waals surface area (Å²) in [6, 6.07) is 0.269. The molecule has 1 aliphatic rings. The van der Waals surface area contributed by atoms with E-state index in [1.165, 1.54) is 25.7 Å². The van der Waals surface area contributed by atoms with Gasteiger partial charge < -0.3 is 15.3 Å². The van der Waals surface area contributed by atoms with E-state index < -0.39 is 12.0 Å². The Bertz CT molecular complexity index is 203. The van der Waals surface area contributed by atoms with E-state index in [1.54, 1.807) is 7.05 Å². The van der Waals surface area contributed by atoms with Crippen molar-refractivity contribution in [2.24, 2.45) is 0 Å². The average Bonchev–Trinajstić information content (AvgIpc) is 2.70. The maximum absolute atomic E-state index is 10.8. The normalized spacial score (nSPS) is 19.7. The number of aliphatic carboxylic acids is 1. The third-order valence-corrected chi connectivity index (χ3v) is 3.37. The van der Waals surface area contributed by atoms with Gasteiger partial charge in [0.25, 0.3) is 0 Å². The third kappa shape index (κ3) is 3.80. The van der Waals surface area contributed by atoms with E-state index in [4.69, 9.17) is 5.11 Å². The summed E-state index contributed by atoms with van der Waals surface area (Å²) in [5, 5.41) is 11.7. The molecule has 0 saturated heterocycles. The van der Waals surface area contributed by atoms with Crippen molar-refractivity contribution in [3.05, 3.63) is 0 Å². The molecule has 1 atom stereocenters. The summed E-state index contributed by atoms with van der Waals surface area (Å²) in [4.78, 5) is 13.1. The predicted molar refractivity (Wildman–Crippen MR) is 60.0 cm³/mol. The Labute approximate surface area is 91.6 Å². The molecule has 1 saturated carbocycles. The first-order valence-electron chi connectivity index (χ1n) is 5.75. The van der Waals surface area contributed by atoms with Gasteiger partial charge in [0.1, 0.15) is 6.04 Å². The number of nitrogens with one attached hydrogen (secondary N) is 1. The molecular formula is C11H22N2O2. The van der Waals surface area contributed by atoms with Gasteiger partial charge in [-0.1, -0.05) is 12.8 Å². The van der Waals surface area contributed by atoms with E-state index in [1.807, 2.05) is 0 Å². The molecule has 0 aromatic heterocycles. The summed E-state index contributed by atoms with van der Waals surface area (Å²) >= 11 is 0. The van der Waals surface area contributed by atoms with Crippen LogP contribution in [0, 0.1) is 0 Å². The zero-order chi connectivity index (χ0) is 11.3. The van der Waals surface area contributed by atoms with Crippen molar-refractivity contribution in [1.29, 1.82) is 0 Å². The van der Waals surface area contributed by atoms with Crippen molar-refractivity contribution in [3.63, 3.8) is 0 Å². The fourth-order valence-electron chi connectivity index (χ4n) is 2.25. The molecule has 1 aliphatic carbocycles. The van der Waals surface area contributed by atoms with Crippen LogP contribution < -0.4 is 5.32 Å². The molecule has 1 unspecified atom stereocenters. The zero-order valence-corrected chi connectivity index (χ0v) is 9.70. The highest BCUT2D eigenvalue weighted by molar-refractivity contribution is 5.73. The molecule has 88 valence electrons. The first-order chi connectivity index (χ1) is 7.15. The van der Waals surface area contributed by atoms with Crippen LogP contribution in [-0.2, 0) is 4.79 Å². The summed E-state index contributed by atoms with van der Waals surface area (Å²) in [6.07, 6.45) is 5.87. The molecule has 1 fully saturated rings. The van der Waals surface area contributed by atoms with Gasteiger partial charge in [0, 0.05) is 12.6 Å². The van der Waals surface area contributed by atoms with Crippen molar-refractivity contribution < 1.29 is 9.90 Å². The third-order valence-electron chi connectivity index (χ3n) is 3.37. The summed E-state index contributed by atoms with van der Waals surface area (Å²) in [5.74, 6) is -0.752. The molecule has 4 heteroatoms. The number of carbonyl (C=O) groups is 1. The summed E-state index contributed by atoms with van der Waals surface area (Å²) < 4.78 is 0. The summed E-state index contributed by atoms with van der Waals surface area (Å²) in [5.41, 5.74) is 0. The molecular weight excluding hydrogens is 192 g/mol. The Hall–Kier alpha value is -0.610. The lowest BCUT2D eigenvalue weighted by atomic mass is 10.1. The highest BCUT2D eigenvalue weighted by Crippen LogP contribution is 2.22. The predicted octanol–water partition coefficient (Wildman–Crippen LogP) is 0.923. The van der Waals surface area contributed by atoms with Crippen LogP contribution in [0.2, 0.25) is 0 Å². The van der Waals surface area contributed by atoms with Crippen LogP contribution in [0.15, 0.2) is 0 Å². The van der Waals surface area contributed by atoms with Crippen molar-refractivity contribution in [3.8, 4) is 0 Å². The lowest BCUT2D eigenvalue weighted by molar-refractivity contribution is -0.139. The van der Waals surface area contributed by atoms with Crippen LogP contribution in [0.5, 0.6) is 0 Å². The number of carboxylic acid groups (broad SMARTS) is 1. The molecule has 15 heavy (non-hydrogen) atoms. The number of carboxylic acids is 1. The minimum Gasteiger partial charge on any atom is -0.480 e. The Balaban J connectivity index is 2.25. The van der Waals surface area contributed by atoms with Gasteiger partial charge in [-0.15, -0.1) is 0 Å². The molecule has 0 amide bonds. The smallest absolute Gasteiger partial charge is 0.320 e. The van der Waals surface area contributed by atoms with E-state index in [9.17, 15) is 4.79 Å².